The molecule has 0 saturated carbocycles. The Bertz CT molecular complexity index is 985. The summed E-state index contributed by atoms with van der Waals surface area (Å²) in [7, 11) is 1.89. The second kappa shape index (κ2) is 6.55. The summed E-state index contributed by atoms with van der Waals surface area (Å²) in [5.74, 6) is 0.230. The van der Waals surface area contributed by atoms with Crippen molar-refractivity contribution in [1.82, 2.24) is 14.5 Å². The first-order chi connectivity index (χ1) is 11.9. The number of H-pyrrole nitrogens is 1. The summed E-state index contributed by atoms with van der Waals surface area (Å²) in [5.41, 5.74) is 2.46. The van der Waals surface area contributed by atoms with Crippen LogP contribution in [0.1, 0.15) is 54.7 Å². The minimum absolute atomic E-state index is 0.109. The highest BCUT2D eigenvalue weighted by Gasteiger charge is 2.20. The minimum Gasteiger partial charge on any atom is -0.451 e. The van der Waals surface area contributed by atoms with E-state index in [2.05, 4.69) is 9.97 Å². The van der Waals surface area contributed by atoms with Gasteiger partial charge in [0.1, 0.15) is 0 Å². The van der Waals surface area contributed by atoms with Gasteiger partial charge in [-0.3, -0.25) is 4.79 Å². The third-order valence-electron chi connectivity index (χ3n) is 4.19. The maximum absolute atomic E-state index is 12.5. The zero-order valence-electron chi connectivity index (χ0n) is 14.7. The molecule has 1 unspecified atom stereocenters. The van der Waals surface area contributed by atoms with Crippen molar-refractivity contribution in [3.05, 3.63) is 63.8 Å². The van der Waals surface area contributed by atoms with Crippen LogP contribution in [0.3, 0.4) is 0 Å². The number of pyridine rings is 1. The molecule has 0 saturated heterocycles. The van der Waals surface area contributed by atoms with Crippen molar-refractivity contribution in [2.45, 2.75) is 32.8 Å². The smallest absolute Gasteiger partial charge is 0.339 e. The average molecular weight is 339 g/mol. The monoisotopic (exact) mass is 339 g/mol. The molecule has 25 heavy (non-hydrogen) atoms. The van der Waals surface area contributed by atoms with E-state index in [1.54, 1.807) is 13.0 Å². The molecule has 1 N–H and O–H groups in total. The van der Waals surface area contributed by atoms with Crippen LogP contribution in [-0.2, 0) is 11.8 Å². The van der Waals surface area contributed by atoms with Crippen LogP contribution in [0.15, 0.2) is 41.2 Å². The number of benzene rings is 1. The van der Waals surface area contributed by atoms with Crippen molar-refractivity contribution >= 4 is 17.0 Å². The van der Waals surface area contributed by atoms with Gasteiger partial charge in [-0.05, 0) is 31.0 Å². The number of imidazole rings is 1. The van der Waals surface area contributed by atoms with Gasteiger partial charge in [-0.25, -0.2) is 9.78 Å². The fourth-order valence-electron chi connectivity index (χ4n) is 2.80. The Morgan fingerprint density at radius 1 is 1.20 bits per heavy atom. The number of esters is 1. The Balaban J connectivity index is 1.87. The zero-order valence-corrected chi connectivity index (χ0v) is 14.7. The quantitative estimate of drug-likeness (QED) is 0.740. The van der Waals surface area contributed by atoms with Gasteiger partial charge >= 0.3 is 5.97 Å². The van der Waals surface area contributed by atoms with Gasteiger partial charge in [0.2, 0.25) is 5.56 Å². The molecule has 0 aliphatic rings. The Kier molecular flexibility index (Phi) is 4.44. The predicted octanol–water partition coefficient (Wildman–Crippen LogP) is 3.30. The fourth-order valence-corrected chi connectivity index (χ4v) is 2.80. The molecule has 3 rings (SSSR count). The topological polar surface area (TPSA) is 77.0 Å². The molecule has 6 heteroatoms. The number of rotatable bonds is 4. The van der Waals surface area contributed by atoms with E-state index in [4.69, 9.17) is 4.74 Å². The molecule has 0 aliphatic carbocycles. The van der Waals surface area contributed by atoms with Crippen LogP contribution in [0.25, 0.3) is 11.0 Å². The van der Waals surface area contributed by atoms with E-state index in [-0.39, 0.29) is 17.0 Å². The molecule has 0 amide bonds. The Morgan fingerprint density at radius 2 is 1.92 bits per heavy atom. The predicted molar refractivity (Wildman–Crippen MR) is 95.7 cm³/mol. The number of nitrogens with zero attached hydrogens (tertiary/aromatic N) is 2. The number of nitrogens with one attached hydrogen (secondary N) is 1. The number of aromatic amines is 1. The van der Waals surface area contributed by atoms with Crippen molar-refractivity contribution in [2.75, 3.05) is 0 Å². The van der Waals surface area contributed by atoms with Crippen molar-refractivity contribution < 1.29 is 9.53 Å². The number of aryl methyl sites for hydroxylation is 1. The van der Waals surface area contributed by atoms with Crippen molar-refractivity contribution in [2.24, 2.45) is 7.05 Å². The largest absolute Gasteiger partial charge is 0.451 e. The SMILES string of the molecule is CC(C)c1cc(C(=O)OC(C)c2nc3ccccc3n2C)cc(=O)[nH]1. The molecule has 1 aromatic carbocycles. The summed E-state index contributed by atoms with van der Waals surface area (Å²) in [6.45, 7) is 5.67. The van der Waals surface area contributed by atoms with Crippen LogP contribution < -0.4 is 5.56 Å². The van der Waals surface area contributed by atoms with Gasteiger partial charge in [-0.1, -0.05) is 26.0 Å². The molecule has 0 radical (unpaired) electrons. The number of aromatic nitrogens is 3. The highest BCUT2D eigenvalue weighted by molar-refractivity contribution is 5.89. The van der Waals surface area contributed by atoms with E-state index in [0.29, 0.717) is 11.5 Å². The molecule has 0 spiro atoms. The third kappa shape index (κ3) is 3.33. The number of carbonyl (C=O) groups excluding carboxylic acids is 1. The van der Waals surface area contributed by atoms with E-state index in [1.807, 2.05) is 49.7 Å². The maximum atomic E-state index is 12.5. The van der Waals surface area contributed by atoms with Gasteiger partial charge in [0, 0.05) is 18.8 Å². The van der Waals surface area contributed by atoms with Crippen molar-refractivity contribution in [1.29, 1.82) is 0 Å². The van der Waals surface area contributed by atoms with E-state index in [1.165, 1.54) is 6.07 Å². The molecule has 1 atom stereocenters. The molecule has 0 aliphatic heterocycles. The standard InChI is InChI=1S/C19H21N3O3/c1-11(2)15-9-13(10-17(23)20-15)19(24)25-12(3)18-21-14-7-5-6-8-16(14)22(18)4/h5-12H,1-4H3,(H,20,23). The molecular formula is C19H21N3O3. The molecule has 2 heterocycles. The highest BCUT2D eigenvalue weighted by Crippen LogP contribution is 2.22. The van der Waals surface area contributed by atoms with Gasteiger partial charge in [-0.15, -0.1) is 0 Å². The molecule has 130 valence electrons. The van der Waals surface area contributed by atoms with Gasteiger partial charge < -0.3 is 14.3 Å². The van der Waals surface area contributed by atoms with Crippen molar-refractivity contribution in [3.8, 4) is 0 Å². The number of fused-ring (bicyclic) bond motifs is 1. The number of hydrogen-bond donors (Lipinski definition) is 1. The molecule has 0 bridgehead atoms. The molecule has 2 aromatic heterocycles. The number of ether oxygens (including phenoxy) is 1. The van der Waals surface area contributed by atoms with Crippen LogP contribution in [0.5, 0.6) is 0 Å². The first-order valence-corrected chi connectivity index (χ1v) is 8.23. The number of hydrogen-bond acceptors (Lipinski definition) is 4. The van der Waals surface area contributed by atoms with Gasteiger partial charge in [0.15, 0.2) is 11.9 Å². The van der Waals surface area contributed by atoms with E-state index in [9.17, 15) is 9.59 Å². The summed E-state index contributed by atoms with van der Waals surface area (Å²) >= 11 is 0. The lowest BCUT2D eigenvalue weighted by Crippen LogP contribution is -2.17. The van der Waals surface area contributed by atoms with E-state index >= 15 is 0 Å². The summed E-state index contributed by atoms with van der Waals surface area (Å²) in [4.78, 5) is 31.5. The minimum atomic E-state index is -0.535. The first kappa shape index (κ1) is 17.0. The Morgan fingerprint density at radius 3 is 2.60 bits per heavy atom. The fraction of sp³-hybridized carbons (Fsp3) is 0.316. The summed E-state index contributed by atoms with van der Waals surface area (Å²) in [6, 6.07) is 10.7. The normalized spacial score (nSPS) is 12.5. The molecule has 0 fully saturated rings. The summed E-state index contributed by atoms with van der Waals surface area (Å²) in [5, 5.41) is 0. The molecule has 3 aromatic rings. The van der Waals surface area contributed by atoms with Gasteiger partial charge in [0.05, 0.1) is 16.6 Å². The number of carbonyl (C=O) groups is 1. The second-order valence-electron chi connectivity index (χ2n) is 6.41. The zero-order chi connectivity index (χ0) is 18.1. The van der Waals surface area contributed by atoms with Crippen LogP contribution in [0.4, 0.5) is 0 Å². The van der Waals surface area contributed by atoms with E-state index < -0.39 is 12.1 Å². The van der Waals surface area contributed by atoms with Crippen LogP contribution in [-0.4, -0.2) is 20.5 Å². The Labute approximate surface area is 145 Å². The Hall–Kier alpha value is -2.89. The maximum Gasteiger partial charge on any atom is 0.339 e. The first-order valence-electron chi connectivity index (χ1n) is 8.23. The average Bonchev–Trinajstić information content (AvgIpc) is 2.91. The second-order valence-corrected chi connectivity index (χ2v) is 6.41. The van der Waals surface area contributed by atoms with Crippen LogP contribution in [0, 0.1) is 0 Å². The third-order valence-corrected chi connectivity index (χ3v) is 4.19. The lowest BCUT2D eigenvalue weighted by Gasteiger charge is -2.14. The lowest BCUT2D eigenvalue weighted by molar-refractivity contribution is 0.0315. The highest BCUT2D eigenvalue weighted by atomic mass is 16.5. The van der Waals surface area contributed by atoms with Crippen LogP contribution >= 0.6 is 0 Å². The lowest BCUT2D eigenvalue weighted by atomic mass is 10.1. The number of para-hydroxylation sites is 2. The molecular weight excluding hydrogens is 318 g/mol. The van der Waals surface area contributed by atoms with Gasteiger partial charge in [0.25, 0.3) is 0 Å². The van der Waals surface area contributed by atoms with Crippen LogP contribution in [0.2, 0.25) is 0 Å². The summed E-state index contributed by atoms with van der Waals surface area (Å²) < 4.78 is 7.45. The van der Waals surface area contributed by atoms with E-state index in [0.717, 1.165) is 11.0 Å². The molecule has 6 nitrogen and oxygen atoms in total. The van der Waals surface area contributed by atoms with Crippen molar-refractivity contribution in [3.63, 3.8) is 0 Å². The summed E-state index contributed by atoms with van der Waals surface area (Å²) in [6.07, 6.45) is -0.535. The van der Waals surface area contributed by atoms with Gasteiger partial charge in [-0.2, -0.15) is 0 Å².